The Bertz CT molecular complexity index is 1260. The number of rotatable bonds is 6. The number of fused-ring (bicyclic) bond motifs is 2. The van der Waals surface area contributed by atoms with E-state index in [1.165, 1.54) is 11.3 Å². The number of amides is 2. The zero-order valence-electron chi connectivity index (χ0n) is 17.2. The van der Waals surface area contributed by atoms with Crippen LogP contribution in [-0.4, -0.2) is 39.8 Å². The first kappa shape index (κ1) is 20.1. The Hall–Kier alpha value is -3.78. The normalized spacial score (nSPS) is 13.1. The molecule has 2 amide bonds. The number of ether oxygens (including phenoxy) is 1. The summed E-state index contributed by atoms with van der Waals surface area (Å²) in [6, 6.07) is 16.9. The van der Waals surface area contributed by atoms with Gasteiger partial charge in [0.2, 0.25) is 0 Å². The van der Waals surface area contributed by atoms with Gasteiger partial charge in [-0.05, 0) is 42.3 Å². The number of hydrogen-bond donors (Lipinski definition) is 1. The topological polar surface area (TPSA) is 84.4 Å². The monoisotopic (exact) mass is 444 g/mol. The van der Waals surface area contributed by atoms with E-state index in [2.05, 4.69) is 15.3 Å². The highest BCUT2D eigenvalue weighted by Gasteiger charge is 2.27. The second kappa shape index (κ2) is 8.76. The molecule has 0 atom stereocenters. The summed E-state index contributed by atoms with van der Waals surface area (Å²) in [6.45, 7) is 0.945. The quantitative estimate of drug-likeness (QED) is 0.488. The first-order chi connectivity index (χ1) is 15.7. The highest BCUT2D eigenvalue weighted by molar-refractivity contribution is 7.22. The van der Waals surface area contributed by atoms with E-state index in [1.807, 2.05) is 41.3 Å². The molecule has 3 heterocycles. The molecule has 32 heavy (non-hydrogen) atoms. The summed E-state index contributed by atoms with van der Waals surface area (Å²) in [7, 11) is 0. The molecule has 4 aromatic rings. The van der Waals surface area contributed by atoms with Crippen LogP contribution in [0.2, 0.25) is 0 Å². The SMILES string of the molecule is O=C(COc1cccc2c1CCN(Cc1cccnc1)C2=O)Nc1nc2ccccc2s1. The van der Waals surface area contributed by atoms with E-state index in [9.17, 15) is 9.59 Å². The molecule has 2 aromatic carbocycles. The summed E-state index contributed by atoms with van der Waals surface area (Å²) >= 11 is 1.42. The van der Waals surface area contributed by atoms with Crippen molar-refractivity contribution in [3.8, 4) is 5.75 Å². The zero-order valence-corrected chi connectivity index (χ0v) is 18.0. The third kappa shape index (κ3) is 4.17. The first-order valence-corrected chi connectivity index (χ1v) is 11.1. The summed E-state index contributed by atoms with van der Waals surface area (Å²) in [5, 5.41) is 3.33. The Morgan fingerprint density at radius 1 is 1.12 bits per heavy atom. The van der Waals surface area contributed by atoms with E-state index in [-0.39, 0.29) is 18.4 Å². The summed E-state index contributed by atoms with van der Waals surface area (Å²) in [6.07, 6.45) is 4.15. The Balaban J connectivity index is 1.25. The van der Waals surface area contributed by atoms with E-state index in [1.54, 1.807) is 30.6 Å². The van der Waals surface area contributed by atoms with Gasteiger partial charge in [-0.15, -0.1) is 0 Å². The van der Waals surface area contributed by atoms with Crippen LogP contribution in [0.15, 0.2) is 67.0 Å². The fourth-order valence-electron chi connectivity index (χ4n) is 3.76. The van der Waals surface area contributed by atoms with Crippen molar-refractivity contribution in [2.24, 2.45) is 0 Å². The highest BCUT2D eigenvalue weighted by Crippen LogP contribution is 2.29. The van der Waals surface area contributed by atoms with Gasteiger partial charge < -0.3 is 9.64 Å². The molecule has 1 N–H and O–H groups in total. The van der Waals surface area contributed by atoms with Gasteiger partial charge in [0.1, 0.15) is 5.75 Å². The van der Waals surface area contributed by atoms with Gasteiger partial charge in [-0.2, -0.15) is 0 Å². The van der Waals surface area contributed by atoms with Crippen molar-refractivity contribution in [3.05, 3.63) is 83.7 Å². The number of carbonyl (C=O) groups excluding carboxylic acids is 2. The Morgan fingerprint density at radius 2 is 2.03 bits per heavy atom. The van der Waals surface area contributed by atoms with Crippen LogP contribution in [0.5, 0.6) is 5.75 Å². The fraction of sp³-hybridized carbons (Fsp3) is 0.167. The maximum absolute atomic E-state index is 13.0. The molecule has 2 aromatic heterocycles. The van der Waals surface area contributed by atoms with Gasteiger partial charge in [0.25, 0.3) is 11.8 Å². The predicted molar refractivity (Wildman–Crippen MR) is 123 cm³/mol. The van der Waals surface area contributed by atoms with Crippen molar-refractivity contribution in [1.82, 2.24) is 14.9 Å². The molecule has 1 aliphatic rings. The second-order valence-corrected chi connectivity index (χ2v) is 8.47. The fourth-order valence-corrected chi connectivity index (χ4v) is 4.65. The molecule has 0 fully saturated rings. The van der Waals surface area contributed by atoms with Gasteiger partial charge >= 0.3 is 0 Å². The molecule has 0 spiro atoms. The summed E-state index contributed by atoms with van der Waals surface area (Å²) in [5.41, 5.74) is 3.29. The zero-order chi connectivity index (χ0) is 21.9. The second-order valence-electron chi connectivity index (χ2n) is 7.44. The molecular weight excluding hydrogens is 424 g/mol. The van der Waals surface area contributed by atoms with Gasteiger partial charge in [0.15, 0.2) is 11.7 Å². The van der Waals surface area contributed by atoms with Gasteiger partial charge in [0.05, 0.1) is 10.2 Å². The van der Waals surface area contributed by atoms with Crippen LogP contribution in [0, 0.1) is 0 Å². The largest absolute Gasteiger partial charge is 0.483 e. The smallest absolute Gasteiger partial charge is 0.264 e. The number of anilines is 1. The summed E-state index contributed by atoms with van der Waals surface area (Å²) < 4.78 is 6.81. The minimum Gasteiger partial charge on any atom is -0.483 e. The molecule has 0 unspecified atom stereocenters. The van der Waals surface area contributed by atoms with Gasteiger partial charge in [-0.1, -0.05) is 35.6 Å². The standard InChI is InChI=1S/C24H20N4O3S/c29-22(27-24-26-19-7-1-2-9-21(19)32-24)15-31-20-8-3-6-18-17(20)10-12-28(23(18)30)14-16-5-4-11-25-13-16/h1-9,11,13H,10,12,14-15H2,(H,26,27,29). The maximum Gasteiger partial charge on any atom is 0.264 e. The number of benzene rings is 2. The van der Waals surface area contributed by atoms with Crippen molar-refractivity contribution < 1.29 is 14.3 Å². The van der Waals surface area contributed by atoms with Crippen LogP contribution >= 0.6 is 11.3 Å². The molecule has 0 saturated heterocycles. The van der Waals surface area contributed by atoms with Gasteiger partial charge in [-0.3, -0.25) is 19.9 Å². The lowest BCUT2D eigenvalue weighted by molar-refractivity contribution is -0.118. The predicted octanol–water partition coefficient (Wildman–Crippen LogP) is 3.91. The third-order valence-corrected chi connectivity index (χ3v) is 6.23. The summed E-state index contributed by atoms with van der Waals surface area (Å²) in [4.78, 5) is 35.7. The van der Waals surface area contributed by atoms with E-state index in [0.717, 1.165) is 21.3 Å². The molecule has 1 aliphatic heterocycles. The number of pyridine rings is 1. The highest BCUT2D eigenvalue weighted by atomic mass is 32.1. The average molecular weight is 445 g/mol. The van der Waals surface area contributed by atoms with Crippen LogP contribution in [0.1, 0.15) is 21.5 Å². The average Bonchev–Trinajstić information content (AvgIpc) is 3.22. The molecule has 0 radical (unpaired) electrons. The van der Waals surface area contributed by atoms with Crippen molar-refractivity contribution in [1.29, 1.82) is 0 Å². The molecule has 5 rings (SSSR count). The number of hydrogen-bond acceptors (Lipinski definition) is 6. The Morgan fingerprint density at radius 3 is 2.88 bits per heavy atom. The maximum atomic E-state index is 13.0. The molecule has 8 heteroatoms. The van der Waals surface area contributed by atoms with Gasteiger partial charge in [0, 0.05) is 36.6 Å². The van der Waals surface area contributed by atoms with E-state index in [4.69, 9.17) is 4.74 Å². The lowest BCUT2D eigenvalue weighted by atomic mass is 9.97. The van der Waals surface area contributed by atoms with E-state index in [0.29, 0.717) is 36.0 Å². The van der Waals surface area contributed by atoms with E-state index < -0.39 is 0 Å². The minimum atomic E-state index is -0.290. The number of thiazole rings is 1. The number of aromatic nitrogens is 2. The molecular formula is C24H20N4O3S. The van der Waals surface area contributed by atoms with Crippen LogP contribution in [0.25, 0.3) is 10.2 Å². The number of nitrogens with zero attached hydrogens (tertiary/aromatic N) is 3. The van der Waals surface area contributed by atoms with Crippen LogP contribution < -0.4 is 10.1 Å². The van der Waals surface area contributed by atoms with Gasteiger partial charge in [-0.25, -0.2) is 4.98 Å². The number of para-hydroxylation sites is 1. The van der Waals surface area contributed by atoms with Crippen molar-refractivity contribution in [2.75, 3.05) is 18.5 Å². The lowest BCUT2D eigenvalue weighted by Gasteiger charge is -2.29. The molecule has 0 saturated carbocycles. The van der Waals surface area contributed by atoms with Crippen LogP contribution in [-0.2, 0) is 17.8 Å². The lowest BCUT2D eigenvalue weighted by Crippen LogP contribution is -2.37. The van der Waals surface area contributed by atoms with Crippen LogP contribution in [0.3, 0.4) is 0 Å². The summed E-state index contributed by atoms with van der Waals surface area (Å²) in [5.74, 6) is 0.234. The van der Waals surface area contributed by atoms with Crippen molar-refractivity contribution >= 4 is 38.5 Å². The first-order valence-electron chi connectivity index (χ1n) is 10.3. The molecule has 0 aliphatic carbocycles. The Kier molecular flexibility index (Phi) is 5.51. The van der Waals surface area contributed by atoms with E-state index >= 15 is 0 Å². The molecule has 0 bridgehead atoms. The molecule has 7 nitrogen and oxygen atoms in total. The molecule has 160 valence electrons. The van der Waals surface area contributed by atoms with Crippen molar-refractivity contribution in [2.45, 2.75) is 13.0 Å². The number of nitrogens with one attached hydrogen (secondary N) is 1. The Labute approximate surface area is 188 Å². The minimum absolute atomic E-state index is 0.0421. The van der Waals surface area contributed by atoms with Crippen LogP contribution in [0.4, 0.5) is 5.13 Å². The van der Waals surface area contributed by atoms with Crippen molar-refractivity contribution in [3.63, 3.8) is 0 Å². The number of carbonyl (C=O) groups is 2. The third-order valence-electron chi connectivity index (χ3n) is 5.28.